The Bertz CT molecular complexity index is 1630. The van der Waals surface area contributed by atoms with Crippen LogP contribution in [0.4, 0.5) is 11.4 Å². The summed E-state index contributed by atoms with van der Waals surface area (Å²) >= 11 is 7.12. The first kappa shape index (κ1) is 26.1. The number of methoxy groups -OCH3 is 1. The van der Waals surface area contributed by atoms with Gasteiger partial charge in [-0.2, -0.15) is 0 Å². The number of hydrogen-bond acceptors (Lipinski definition) is 8. The van der Waals surface area contributed by atoms with Crippen molar-refractivity contribution in [3.8, 4) is 5.75 Å². The highest BCUT2D eigenvalue weighted by Gasteiger charge is 2.57. The quantitative estimate of drug-likeness (QED) is 0.292. The van der Waals surface area contributed by atoms with Gasteiger partial charge in [-0.1, -0.05) is 45.1 Å². The first-order chi connectivity index (χ1) is 18.9. The third-order valence-electron chi connectivity index (χ3n) is 6.66. The number of amides is 3. The summed E-state index contributed by atoms with van der Waals surface area (Å²) in [5.41, 5.74) is 1.08. The average Bonchev–Trinajstić information content (AvgIpc) is 3.63. The molecule has 3 amide bonds. The first-order valence-corrected chi connectivity index (χ1v) is 15.2. The second kappa shape index (κ2) is 10.4. The molecular formula is C27H20BrN3O5S3. The predicted octanol–water partition coefficient (Wildman–Crippen LogP) is 5.18. The number of thioether (sulfide) groups is 1. The van der Waals surface area contributed by atoms with Crippen molar-refractivity contribution in [3.05, 3.63) is 89.9 Å². The van der Waals surface area contributed by atoms with Gasteiger partial charge in [-0.15, -0.1) is 11.3 Å². The number of benzene rings is 2. The van der Waals surface area contributed by atoms with Crippen molar-refractivity contribution < 1.29 is 19.1 Å². The summed E-state index contributed by atoms with van der Waals surface area (Å²) in [5, 5.41) is 4.57. The monoisotopic (exact) mass is 641 g/mol. The van der Waals surface area contributed by atoms with Gasteiger partial charge in [-0.3, -0.25) is 23.7 Å². The molecule has 1 saturated heterocycles. The van der Waals surface area contributed by atoms with Gasteiger partial charge in [0, 0.05) is 25.8 Å². The molecule has 2 aliphatic rings. The molecule has 3 unspecified atom stereocenters. The standard InChI is InChI=1S/C27H20BrN3O5S3/c1-36-17-10-6-15(7-11-17)29-19(32)13-30-26-23(39-27(30)35)20(18-3-2-12-37-18)21-22(38-26)25(34)31(24(21)33)16-8-4-14(28)5-9-16/h2-12,20-22H,13H2,1H3,(H,29,32). The number of hydrogen-bond donors (Lipinski definition) is 1. The second-order valence-corrected chi connectivity index (χ2v) is 13.0. The highest BCUT2D eigenvalue weighted by molar-refractivity contribution is 9.10. The highest BCUT2D eigenvalue weighted by Crippen LogP contribution is 2.54. The van der Waals surface area contributed by atoms with E-state index in [0.29, 0.717) is 27.0 Å². The van der Waals surface area contributed by atoms with Crippen LogP contribution in [0.15, 0.2) is 80.3 Å². The lowest BCUT2D eigenvalue weighted by Crippen LogP contribution is -2.32. The Hall–Kier alpha value is -3.19. The predicted molar refractivity (Wildman–Crippen MR) is 156 cm³/mol. The molecule has 6 rings (SSSR count). The molecule has 8 nitrogen and oxygen atoms in total. The van der Waals surface area contributed by atoms with Crippen molar-refractivity contribution >= 4 is 79.5 Å². The topological polar surface area (TPSA) is 97.7 Å². The molecule has 4 heterocycles. The molecule has 0 aliphatic carbocycles. The lowest BCUT2D eigenvalue weighted by atomic mass is 9.87. The van der Waals surface area contributed by atoms with Crippen molar-refractivity contribution in [1.29, 1.82) is 0 Å². The number of thiophene rings is 1. The van der Waals surface area contributed by atoms with E-state index in [0.717, 1.165) is 20.7 Å². The zero-order valence-electron chi connectivity index (χ0n) is 20.3. The van der Waals surface area contributed by atoms with Crippen LogP contribution in [0, 0.1) is 5.92 Å². The minimum atomic E-state index is -0.717. The Kier molecular flexibility index (Phi) is 6.96. The number of rotatable bonds is 6. The molecular weight excluding hydrogens is 622 g/mol. The van der Waals surface area contributed by atoms with Crippen molar-refractivity contribution in [3.63, 3.8) is 0 Å². The molecule has 1 fully saturated rings. The first-order valence-electron chi connectivity index (χ1n) is 11.9. The summed E-state index contributed by atoms with van der Waals surface area (Å²) in [6.07, 6.45) is 0. The van der Waals surface area contributed by atoms with Crippen LogP contribution in [-0.2, 0) is 20.9 Å². The van der Waals surface area contributed by atoms with E-state index in [9.17, 15) is 19.2 Å². The van der Waals surface area contributed by atoms with E-state index in [2.05, 4.69) is 21.2 Å². The fraction of sp³-hybridized carbons (Fsp3) is 0.185. The molecule has 3 atom stereocenters. The van der Waals surface area contributed by atoms with Gasteiger partial charge in [0.1, 0.15) is 17.5 Å². The number of nitrogens with zero attached hydrogens (tertiary/aromatic N) is 2. The highest BCUT2D eigenvalue weighted by atomic mass is 79.9. The van der Waals surface area contributed by atoms with E-state index >= 15 is 0 Å². The maximum Gasteiger partial charge on any atom is 0.308 e. The minimum Gasteiger partial charge on any atom is -0.497 e. The van der Waals surface area contributed by atoms with Crippen LogP contribution < -0.4 is 19.8 Å². The maximum atomic E-state index is 13.8. The lowest BCUT2D eigenvalue weighted by molar-refractivity contribution is -0.122. The van der Waals surface area contributed by atoms with Crippen LogP contribution in [0.2, 0.25) is 0 Å². The largest absolute Gasteiger partial charge is 0.497 e. The molecule has 0 bridgehead atoms. The Morgan fingerprint density at radius 1 is 1.03 bits per heavy atom. The van der Waals surface area contributed by atoms with E-state index in [-0.39, 0.29) is 29.1 Å². The third kappa shape index (κ3) is 4.65. The Morgan fingerprint density at radius 3 is 2.44 bits per heavy atom. The van der Waals surface area contributed by atoms with Crippen molar-refractivity contribution in [2.24, 2.45) is 5.92 Å². The smallest absolute Gasteiger partial charge is 0.308 e. The van der Waals surface area contributed by atoms with Gasteiger partial charge >= 0.3 is 4.87 Å². The van der Waals surface area contributed by atoms with Gasteiger partial charge in [0.25, 0.3) is 0 Å². The fourth-order valence-corrected chi connectivity index (χ4v) is 8.88. The van der Waals surface area contributed by atoms with Crippen LogP contribution in [0.5, 0.6) is 5.75 Å². The van der Waals surface area contributed by atoms with Crippen molar-refractivity contribution in [2.75, 3.05) is 17.3 Å². The fourth-order valence-electron chi connectivity index (χ4n) is 4.89. The molecule has 1 N–H and O–H groups in total. The summed E-state index contributed by atoms with van der Waals surface area (Å²) in [6.45, 7) is -0.212. The molecule has 4 aromatic rings. The number of nitrogens with one attached hydrogen (secondary N) is 1. The van der Waals surface area contributed by atoms with E-state index in [1.54, 1.807) is 55.6 Å². The number of carbonyl (C=O) groups is 3. The van der Waals surface area contributed by atoms with E-state index in [1.807, 2.05) is 17.5 Å². The van der Waals surface area contributed by atoms with Crippen LogP contribution in [0.25, 0.3) is 0 Å². The molecule has 0 radical (unpaired) electrons. The van der Waals surface area contributed by atoms with Crippen molar-refractivity contribution in [1.82, 2.24) is 4.57 Å². The molecule has 2 aromatic carbocycles. The van der Waals surface area contributed by atoms with Gasteiger partial charge in [0.2, 0.25) is 17.7 Å². The van der Waals surface area contributed by atoms with Gasteiger partial charge in [0.15, 0.2) is 0 Å². The van der Waals surface area contributed by atoms with Crippen LogP contribution in [0.1, 0.15) is 15.7 Å². The van der Waals surface area contributed by atoms with Gasteiger partial charge in [-0.25, -0.2) is 4.90 Å². The summed E-state index contributed by atoms with van der Waals surface area (Å²) in [7, 11) is 1.56. The molecule has 0 saturated carbocycles. The van der Waals surface area contributed by atoms with Gasteiger partial charge in [-0.05, 0) is 60.0 Å². The minimum absolute atomic E-state index is 0.212. The zero-order valence-corrected chi connectivity index (χ0v) is 24.4. The number of ether oxygens (including phenoxy) is 1. The lowest BCUT2D eigenvalue weighted by Gasteiger charge is -2.29. The molecule has 39 heavy (non-hydrogen) atoms. The molecule has 2 aromatic heterocycles. The summed E-state index contributed by atoms with van der Waals surface area (Å²) in [5.74, 6) is -1.42. The van der Waals surface area contributed by atoms with E-state index in [1.165, 1.54) is 32.6 Å². The molecule has 0 spiro atoms. The number of anilines is 2. The summed E-state index contributed by atoms with van der Waals surface area (Å²) < 4.78 is 7.41. The molecule has 198 valence electrons. The SMILES string of the molecule is COc1ccc(NC(=O)Cn2c3c(sc2=O)C(c2cccs2)C2C(=O)N(c4ccc(Br)cc4)C(=O)C2S3)cc1. The van der Waals surface area contributed by atoms with Gasteiger partial charge < -0.3 is 10.1 Å². The number of thiazole rings is 1. The van der Waals surface area contributed by atoms with E-state index in [4.69, 9.17) is 4.74 Å². The zero-order chi connectivity index (χ0) is 27.3. The van der Waals surface area contributed by atoms with Crippen molar-refractivity contribution in [2.45, 2.75) is 22.7 Å². The number of halogens is 1. The maximum absolute atomic E-state index is 13.8. The average molecular weight is 643 g/mol. The van der Waals surface area contributed by atoms with E-state index < -0.39 is 17.1 Å². The van der Waals surface area contributed by atoms with Crippen LogP contribution >= 0.6 is 50.4 Å². The third-order valence-corrected chi connectivity index (χ3v) is 10.7. The Labute approximate surface area is 243 Å². The summed E-state index contributed by atoms with van der Waals surface area (Å²) in [6, 6.07) is 17.8. The number of imide groups is 1. The Morgan fingerprint density at radius 2 is 1.77 bits per heavy atom. The Balaban J connectivity index is 1.35. The number of aromatic nitrogens is 1. The number of fused-ring (bicyclic) bond motifs is 2. The normalized spacial score (nSPS) is 20.1. The van der Waals surface area contributed by atoms with Crippen LogP contribution in [-0.4, -0.2) is 34.6 Å². The summed E-state index contributed by atoms with van der Waals surface area (Å²) in [4.78, 5) is 56.2. The second-order valence-electron chi connectivity index (χ2n) is 8.95. The molecule has 12 heteroatoms. The van der Waals surface area contributed by atoms with Gasteiger partial charge in [0.05, 0.1) is 23.7 Å². The molecule has 2 aliphatic heterocycles. The van der Waals surface area contributed by atoms with Crippen LogP contribution in [0.3, 0.4) is 0 Å². The number of carbonyl (C=O) groups excluding carboxylic acids is 3.